The molecule has 2 atom stereocenters. The van der Waals surface area contributed by atoms with Crippen LogP contribution in [0.15, 0.2) is 71.6 Å². The quantitative estimate of drug-likeness (QED) is 0.447. The van der Waals surface area contributed by atoms with Gasteiger partial charge in [-0.1, -0.05) is 24.3 Å². The summed E-state index contributed by atoms with van der Waals surface area (Å²) in [5.41, 5.74) is 2.21. The number of rotatable bonds is 8. The van der Waals surface area contributed by atoms with E-state index in [0.29, 0.717) is 51.0 Å². The highest BCUT2D eigenvalue weighted by atomic mass is 32.2. The van der Waals surface area contributed by atoms with Gasteiger partial charge in [-0.05, 0) is 73.2 Å². The fraction of sp³-hybridized carbons (Fsp3) is 0.357. The molecule has 0 spiro atoms. The van der Waals surface area contributed by atoms with E-state index in [1.165, 1.54) is 12.1 Å². The second-order valence-corrected chi connectivity index (χ2v) is 11.6. The van der Waals surface area contributed by atoms with Gasteiger partial charge in [-0.3, -0.25) is 4.90 Å². The van der Waals surface area contributed by atoms with E-state index in [1.54, 1.807) is 42.5 Å². The van der Waals surface area contributed by atoms with Gasteiger partial charge in [0.15, 0.2) is 9.84 Å². The molecule has 1 saturated heterocycles. The predicted octanol–water partition coefficient (Wildman–Crippen LogP) is 4.50. The van der Waals surface area contributed by atoms with Crippen LogP contribution >= 0.6 is 0 Å². The van der Waals surface area contributed by atoms with E-state index < -0.39 is 33.7 Å². The molecule has 3 aromatic carbocycles. The summed E-state index contributed by atoms with van der Waals surface area (Å²) in [6.45, 7) is 1.48. The molecule has 0 radical (unpaired) electrons. The number of aliphatic hydroxyl groups excluding tert-OH is 1. The molecular formula is C28H32F2N2O4S. The SMILES string of the molecule is CS(=O)(=O)c1ccc(CN2CCCN(c3cc(F)cc(F)c3)C(CCCc3cccc(O)c3)C2O)cc1. The highest BCUT2D eigenvalue weighted by molar-refractivity contribution is 7.90. The summed E-state index contributed by atoms with van der Waals surface area (Å²) in [5.74, 6) is -1.15. The van der Waals surface area contributed by atoms with E-state index in [2.05, 4.69) is 0 Å². The van der Waals surface area contributed by atoms with Crippen molar-refractivity contribution in [1.82, 2.24) is 4.90 Å². The molecule has 6 nitrogen and oxygen atoms in total. The number of phenols is 1. The van der Waals surface area contributed by atoms with Crippen molar-refractivity contribution in [3.8, 4) is 5.75 Å². The van der Waals surface area contributed by atoms with Crippen molar-refractivity contribution in [2.24, 2.45) is 0 Å². The van der Waals surface area contributed by atoms with Crippen LogP contribution in [-0.2, 0) is 22.8 Å². The zero-order valence-electron chi connectivity index (χ0n) is 20.7. The van der Waals surface area contributed by atoms with Crippen LogP contribution in [0.4, 0.5) is 14.5 Å². The van der Waals surface area contributed by atoms with Crippen molar-refractivity contribution in [2.75, 3.05) is 24.2 Å². The molecule has 4 rings (SSSR count). The fourth-order valence-electron chi connectivity index (χ4n) is 4.95. The van der Waals surface area contributed by atoms with Crippen molar-refractivity contribution in [3.05, 3.63) is 89.5 Å². The molecule has 0 saturated carbocycles. The first-order valence-electron chi connectivity index (χ1n) is 12.3. The lowest BCUT2D eigenvalue weighted by atomic mass is 10.0. The molecule has 0 aliphatic carbocycles. The Hall–Kier alpha value is -3.01. The third kappa shape index (κ3) is 7.06. The lowest BCUT2D eigenvalue weighted by Gasteiger charge is -2.38. The molecule has 2 unspecified atom stereocenters. The Morgan fingerprint density at radius 2 is 1.65 bits per heavy atom. The molecule has 0 bridgehead atoms. The Bertz CT molecular complexity index is 1300. The van der Waals surface area contributed by atoms with Gasteiger partial charge in [-0.2, -0.15) is 0 Å². The standard InChI is InChI=1S/C28H32F2N2O4S/c1-37(35,36)26-11-9-21(10-12-26)19-31-13-4-14-32(24-17-22(29)16-23(30)18-24)27(28(31)34)8-3-6-20-5-2-7-25(33)15-20/h2,5,7,9-12,15-18,27-28,33-34H,3-4,6,8,13-14,19H2,1H3. The Kier molecular flexibility index (Phi) is 8.46. The lowest BCUT2D eigenvalue weighted by Crippen LogP contribution is -2.49. The minimum absolute atomic E-state index is 0.192. The van der Waals surface area contributed by atoms with Crippen LogP contribution in [0.3, 0.4) is 0 Å². The summed E-state index contributed by atoms with van der Waals surface area (Å²) in [6, 6.07) is 16.6. The number of hydrogen-bond acceptors (Lipinski definition) is 6. The Labute approximate surface area is 216 Å². The van der Waals surface area contributed by atoms with E-state index in [1.807, 2.05) is 15.9 Å². The molecule has 9 heteroatoms. The van der Waals surface area contributed by atoms with Gasteiger partial charge in [0.1, 0.15) is 23.6 Å². The van der Waals surface area contributed by atoms with Crippen LogP contribution in [0, 0.1) is 11.6 Å². The van der Waals surface area contributed by atoms with E-state index >= 15 is 0 Å². The van der Waals surface area contributed by atoms with Gasteiger partial charge in [0.05, 0.1) is 10.9 Å². The highest BCUT2D eigenvalue weighted by Gasteiger charge is 2.33. The smallest absolute Gasteiger partial charge is 0.175 e. The second kappa shape index (κ2) is 11.6. The summed E-state index contributed by atoms with van der Waals surface area (Å²) in [5, 5.41) is 21.3. The summed E-state index contributed by atoms with van der Waals surface area (Å²) in [7, 11) is -3.31. The van der Waals surface area contributed by atoms with E-state index in [0.717, 1.165) is 23.4 Å². The summed E-state index contributed by atoms with van der Waals surface area (Å²) < 4.78 is 51.8. The normalized spacial score (nSPS) is 19.1. The molecular weight excluding hydrogens is 498 g/mol. The minimum atomic E-state index is -3.31. The van der Waals surface area contributed by atoms with Gasteiger partial charge in [0, 0.05) is 37.6 Å². The van der Waals surface area contributed by atoms with Crippen LogP contribution in [0.2, 0.25) is 0 Å². The van der Waals surface area contributed by atoms with Crippen LogP contribution in [0.25, 0.3) is 0 Å². The molecule has 3 aromatic rings. The predicted molar refractivity (Wildman–Crippen MR) is 139 cm³/mol. The van der Waals surface area contributed by atoms with Crippen molar-refractivity contribution in [1.29, 1.82) is 0 Å². The maximum Gasteiger partial charge on any atom is 0.175 e. The van der Waals surface area contributed by atoms with Gasteiger partial charge in [0.25, 0.3) is 0 Å². The molecule has 0 aromatic heterocycles. The highest BCUT2D eigenvalue weighted by Crippen LogP contribution is 2.29. The number of aromatic hydroxyl groups is 1. The number of aliphatic hydroxyl groups is 1. The number of sulfone groups is 1. The van der Waals surface area contributed by atoms with Crippen LogP contribution in [0.5, 0.6) is 5.75 Å². The second-order valence-electron chi connectivity index (χ2n) is 9.60. The van der Waals surface area contributed by atoms with Crippen molar-refractivity contribution in [3.63, 3.8) is 0 Å². The van der Waals surface area contributed by atoms with Gasteiger partial charge in [0.2, 0.25) is 0 Å². The third-order valence-electron chi connectivity index (χ3n) is 6.75. The zero-order chi connectivity index (χ0) is 26.6. The maximum atomic E-state index is 14.1. The average molecular weight is 531 g/mol. The molecule has 198 valence electrons. The number of halogens is 2. The molecule has 1 fully saturated rings. The monoisotopic (exact) mass is 530 g/mol. The lowest BCUT2D eigenvalue weighted by molar-refractivity contribution is -0.0165. The summed E-state index contributed by atoms with van der Waals surface area (Å²) in [4.78, 5) is 4.03. The first-order valence-corrected chi connectivity index (χ1v) is 14.2. The number of nitrogens with zero attached hydrogens (tertiary/aromatic N) is 2. The zero-order valence-corrected chi connectivity index (χ0v) is 21.5. The van der Waals surface area contributed by atoms with Gasteiger partial charge in [-0.15, -0.1) is 0 Å². The van der Waals surface area contributed by atoms with Crippen LogP contribution in [-0.4, -0.2) is 55.1 Å². The minimum Gasteiger partial charge on any atom is -0.508 e. The average Bonchev–Trinajstić information content (AvgIpc) is 2.97. The van der Waals surface area contributed by atoms with Crippen LogP contribution in [0.1, 0.15) is 30.4 Å². The molecule has 2 N–H and O–H groups in total. The number of phenolic OH excluding ortho intramolecular Hbond substituents is 1. The number of hydrogen-bond donors (Lipinski definition) is 2. The van der Waals surface area contributed by atoms with Gasteiger partial charge < -0.3 is 15.1 Å². The molecule has 0 amide bonds. The van der Waals surface area contributed by atoms with E-state index in [4.69, 9.17) is 0 Å². The van der Waals surface area contributed by atoms with Gasteiger partial charge in [-0.25, -0.2) is 17.2 Å². The Balaban J connectivity index is 1.56. The van der Waals surface area contributed by atoms with Crippen molar-refractivity contribution < 1.29 is 27.4 Å². The Morgan fingerprint density at radius 1 is 0.946 bits per heavy atom. The molecule has 1 heterocycles. The first kappa shape index (κ1) is 27.0. The summed E-state index contributed by atoms with van der Waals surface area (Å²) in [6.07, 6.45) is 2.82. The number of benzene rings is 3. The first-order chi connectivity index (χ1) is 17.6. The Morgan fingerprint density at radius 3 is 2.30 bits per heavy atom. The fourth-order valence-corrected chi connectivity index (χ4v) is 5.58. The van der Waals surface area contributed by atoms with E-state index in [9.17, 15) is 27.4 Å². The van der Waals surface area contributed by atoms with Crippen molar-refractivity contribution in [2.45, 2.75) is 49.4 Å². The summed E-state index contributed by atoms with van der Waals surface area (Å²) >= 11 is 0. The largest absolute Gasteiger partial charge is 0.508 e. The maximum absolute atomic E-state index is 14.1. The number of aryl methyl sites for hydroxylation is 1. The molecule has 37 heavy (non-hydrogen) atoms. The third-order valence-corrected chi connectivity index (χ3v) is 7.88. The van der Waals surface area contributed by atoms with Gasteiger partial charge >= 0.3 is 0 Å². The molecule has 1 aliphatic rings. The number of anilines is 1. The van der Waals surface area contributed by atoms with Crippen molar-refractivity contribution >= 4 is 15.5 Å². The van der Waals surface area contributed by atoms with Crippen LogP contribution < -0.4 is 4.90 Å². The topological polar surface area (TPSA) is 81.1 Å². The van der Waals surface area contributed by atoms with E-state index in [-0.39, 0.29) is 10.6 Å². The molecule has 1 aliphatic heterocycles.